The third-order valence-corrected chi connectivity index (χ3v) is 2.54. The van der Waals surface area contributed by atoms with E-state index in [0.717, 1.165) is 28.3 Å². The Balaban J connectivity index is 2.62. The van der Waals surface area contributed by atoms with Crippen molar-refractivity contribution in [3.63, 3.8) is 0 Å². The Bertz CT molecular complexity index is 462. The number of halogens is 1. The van der Waals surface area contributed by atoms with Crippen LogP contribution in [-0.2, 0) is 13.5 Å². The van der Waals surface area contributed by atoms with E-state index in [1.54, 1.807) is 0 Å². The summed E-state index contributed by atoms with van der Waals surface area (Å²) < 4.78 is 2.04. The summed E-state index contributed by atoms with van der Waals surface area (Å²) in [5, 5.41) is 0.736. The predicted octanol–water partition coefficient (Wildman–Crippen LogP) is 1.73. The van der Waals surface area contributed by atoms with Crippen molar-refractivity contribution >= 4 is 22.6 Å². The van der Waals surface area contributed by atoms with Crippen LogP contribution in [0.1, 0.15) is 5.82 Å². The van der Waals surface area contributed by atoms with Crippen LogP contribution in [0.4, 0.5) is 0 Å². The number of imidazole rings is 1. The molecule has 0 atom stereocenters. The zero-order valence-electron chi connectivity index (χ0n) is 8.00. The Morgan fingerprint density at radius 1 is 1.50 bits per heavy atom. The summed E-state index contributed by atoms with van der Waals surface area (Å²) in [5.74, 6) is 1.00. The van der Waals surface area contributed by atoms with Crippen LogP contribution in [0.25, 0.3) is 11.0 Å². The molecule has 0 amide bonds. The fourth-order valence-corrected chi connectivity index (χ4v) is 1.73. The van der Waals surface area contributed by atoms with Gasteiger partial charge in [0.05, 0.1) is 11.0 Å². The molecule has 0 aliphatic rings. The lowest BCUT2D eigenvalue weighted by molar-refractivity contribution is 0.794. The summed E-state index contributed by atoms with van der Waals surface area (Å²) in [5.41, 5.74) is 7.53. The van der Waals surface area contributed by atoms with Gasteiger partial charge in [0, 0.05) is 18.5 Å². The molecule has 0 saturated carbocycles. The van der Waals surface area contributed by atoms with Gasteiger partial charge in [0.2, 0.25) is 0 Å². The highest BCUT2D eigenvalue weighted by Crippen LogP contribution is 2.19. The van der Waals surface area contributed by atoms with Gasteiger partial charge in [-0.2, -0.15) is 0 Å². The normalized spacial score (nSPS) is 11.1. The van der Waals surface area contributed by atoms with Crippen molar-refractivity contribution < 1.29 is 0 Å². The number of rotatable bonds is 2. The SMILES string of the molecule is Cn1c(CCN)nc2ccc(Cl)cc21. The van der Waals surface area contributed by atoms with Gasteiger partial charge in [-0.25, -0.2) is 4.98 Å². The molecule has 0 aliphatic carbocycles. The molecule has 2 aromatic rings. The molecule has 0 saturated heterocycles. The average molecular weight is 210 g/mol. The van der Waals surface area contributed by atoms with Crippen LogP contribution in [0.3, 0.4) is 0 Å². The van der Waals surface area contributed by atoms with E-state index < -0.39 is 0 Å². The Morgan fingerprint density at radius 2 is 2.29 bits per heavy atom. The van der Waals surface area contributed by atoms with E-state index in [1.807, 2.05) is 29.8 Å². The second-order valence-corrected chi connectivity index (χ2v) is 3.70. The topological polar surface area (TPSA) is 43.8 Å². The van der Waals surface area contributed by atoms with Gasteiger partial charge in [-0.3, -0.25) is 0 Å². The van der Waals surface area contributed by atoms with Crippen molar-refractivity contribution in [3.05, 3.63) is 29.0 Å². The summed E-state index contributed by atoms with van der Waals surface area (Å²) in [7, 11) is 1.98. The third kappa shape index (κ3) is 1.49. The van der Waals surface area contributed by atoms with Gasteiger partial charge in [-0.15, -0.1) is 0 Å². The summed E-state index contributed by atoms with van der Waals surface area (Å²) in [6, 6.07) is 5.70. The molecule has 14 heavy (non-hydrogen) atoms. The van der Waals surface area contributed by atoms with E-state index in [4.69, 9.17) is 17.3 Å². The van der Waals surface area contributed by atoms with Crippen LogP contribution in [0.15, 0.2) is 18.2 Å². The van der Waals surface area contributed by atoms with Crippen LogP contribution >= 0.6 is 11.6 Å². The monoisotopic (exact) mass is 209 g/mol. The van der Waals surface area contributed by atoms with E-state index >= 15 is 0 Å². The molecule has 1 heterocycles. The second-order valence-electron chi connectivity index (χ2n) is 3.26. The average Bonchev–Trinajstić information content (AvgIpc) is 2.46. The summed E-state index contributed by atoms with van der Waals surface area (Å²) in [4.78, 5) is 4.47. The number of fused-ring (bicyclic) bond motifs is 1. The molecule has 0 aliphatic heterocycles. The number of hydrogen-bond acceptors (Lipinski definition) is 2. The number of aromatic nitrogens is 2. The lowest BCUT2D eigenvalue weighted by Gasteiger charge is -1.99. The molecule has 2 rings (SSSR count). The van der Waals surface area contributed by atoms with Gasteiger partial charge in [0.25, 0.3) is 0 Å². The third-order valence-electron chi connectivity index (χ3n) is 2.30. The molecule has 74 valence electrons. The molecule has 0 radical (unpaired) electrons. The highest BCUT2D eigenvalue weighted by molar-refractivity contribution is 6.31. The van der Waals surface area contributed by atoms with E-state index in [1.165, 1.54) is 0 Å². The standard InChI is InChI=1S/C10H12ClN3/c1-14-9-6-7(11)2-3-8(9)13-10(14)4-5-12/h2-3,6H,4-5,12H2,1H3. The first-order valence-electron chi connectivity index (χ1n) is 4.53. The fourth-order valence-electron chi connectivity index (χ4n) is 1.57. The minimum atomic E-state index is 0.616. The Kier molecular flexibility index (Phi) is 2.44. The first kappa shape index (κ1) is 9.49. The molecule has 1 aromatic carbocycles. The van der Waals surface area contributed by atoms with Crippen molar-refractivity contribution in [1.29, 1.82) is 0 Å². The minimum Gasteiger partial charge on any atom is -0.331 e. The van der Waals surface area contributed by atoms with Crippen LogP contribution in [0.2, 0.25) is 5.02 Å². The molecule has 0 spiro atoms. The molecule has 0 fully saturated rings. The van der Waals surface area contributed by atoms with Crippen molar-refractivity contribution in [1.82, 2.24) is 9.55 Å². The van der Waals surface area contributed by atoms with Crippen LogP contribution in [0, 0.1) is 0 Å². The quantitative estimate of drug-likeness (QED) is 0.819. The van der Waals surface area contributed by atoms with Crippen molar-refractivity contribution in [2.45, 2.75) is 6.42 Å². The zero-order valence-corrected chi connectivity index (χ0v) is 8.75. The van der Waals surface area contributed by atoms with Crippen LogP contribution in [0.5, 0.6) is 0 Å². The summed E-state index contributed by atoms with van der Waals surface area (Å²) in [6.45, 7) is 0.616. The number of nitrogens with zero attached hydrogens (tertiary/aromatic N) is 2. The largest absolute Gasteiger partial charge is 0.331 e. The highest BCUT2D eigenvalue weighted by Gasteiger charge is 2.06. The van der Waals surface area contributed by atoms with E-state index in [2.05, 4.69) is 4.98 Å². The second kappa shape index (κ2) is 3.59. The van der Waals surface area contributed by atoms with Gasteiger partial charge in [-0.05, 0) is 24.7 Å². The van der Waals surface area contributed by atoms with Gasteiger partial charge < -0.3 is 10.3 Å². The maximum Gasteiger partial charge on any atom is 0.110 e. The molecule has 2 N–H and O–H groups in total. The Morgan fingerprint density at radius 3 is 3.00 bits per heavy atom. The number of aryl methyl sites for hydroxylation is 1. The first-order valence-corrected chi connectivity index (χ1v) is 4.91. The molecular formula is C10H12ClN3. The fraction of sp³-hybridized carbons (Fsp3) is 0.300. The highest BCUT2D eigenvalue weighted by atomic mass is 35.5. The summed E-state index contributed by atoms with van der Waals surface area (Å²) in [6.07, 6.45) is 0.794. The van der Waals surface area contributed by atoms with E-state index in [9.17, 15) is 0 Å². The lowest BCUT2D eigenvalue weighted by Crippen LogP contribution is -2.07. The van der Waals surface area contributed by atoms with Gasteiger partial charge in [-0.1, -0.05) is 11.6 Å². The summed E-state index contributed by atoms with van der Waals surface area (Å²) >= 11 is 5.91. The number of benzene rings is 1. The minimum absolute atomic E-state index is 0.616. The number of nitrogens with two attached hydrogens (primary N) is 1. The van der Waals surface area contributed by atoms with Gasteiger partial charge >= 0.3 is 0 Å². The van der Waals surface area contributed by atoms with Crippen LogP contribution < -0.4 is 5.73 Å². The smallest absolute Gasteiger partial charge is 0.110 e. The van der Waals surface area contributed by atoms with E-state index in [-0.39, 0.29) is 0 Å². The van der Waals surface area contributed by atoms with Crippen molar-refractivity contribution in [3.8, 4) is 0 Å². The van der Waals surface area contributed by atoms with Crippen molar-refractivity contribution in [2.24, 2.45) is 12.8 Å². The molecule has 0 bridgehead atoms. The molecular weight excluding hydrogens is 198 g/mol. The van der Waals surface area contributed by atoms with Crippen LogP contribution in [-0.4, -0.2) is 16.1 Å². The maximum atomic E-state index is 5.91. The molecule has 0 unspecified atom stereocenters. The zero-order chi connectivity index (χ0) is 10.1. The Hall–Kier alpha value is -1.06. The lowest BCUT2D eigenvalue weighted by atomic mass is 10.3. The number of hydrogen-bond donors (Lipinski definition) is 1. The van der Waals surface area contributed by atoms with Gasteiger partial charge in [0.15, 0.2) is 0 Å². The van der Waals surface area contributed by atoms with Crippen molar-refractivity contribution in [2.75, 3.05) is 6.54 Å². The molecule has 3 nitrogen and oxygen atoms in total. The predicted molar refractivity (Wildman–Crippen MR) is 58.5 cm³/mol. The Labute approximate surface area is 87.5 Å². The molecule has 4 heteroatoms. The van der Waals surface area contributed by atoms with Gasteiger partial charge in [0.1, 0.15) is 5.82 Å². The maximum absolute atomic E-state index is 5.91. The first-order chi connectivity index (χ1) is 6.72. The van der Waals surface area contributed by atoms with E-state index in [0.29, 0.717) is 6.54 Å². The molecule has 1 aromatic heterocycles.